The number of aliphatic hydroxyl groups excluding tert-OH is 1. The molecular weight excluding hydrogens is 194 g/mol. The molecule has 14 heavy (non-hydrogen) atoms. The Balaban J connectivity index is 2.48. The second-order valence-corrected chi connectivity index (χ2v) is 5.07. The van der Waals surface area contributed by atoms with Crippen LogP contribution in [-0.2, 0) is 6.54 Å². The molecule has 2 nitrogen and oxygen atoms in total. The summed E-state index contributed by atoms with van der Waals surface area (Å²) >= 11 is 1.83. The van der Waals surface area contributed by atoms with Gasteiger partial charge in [0.2, 0.25) is 0 Å². The third-order valence-electron chi connectivity index (χ3n) is 2.44. The van der Waals surface area contributed by atoms with Gasteiger partial charge in [0, 0.05) is 22.3 Å². The van der Waals surface area contributed by atoms with Gasteiger partial charge in [-0.15, -0.1) is 11.3 Å². The Morgan fingerprint density at radius 2 is 2.21 bits per heavy atom. The second-order valence-electron chi connectivity index (χ2n) is 3.61. The lowest BCUT2D eigenvalue weighted by Gasteiger charge is -2.13. The fourth-order valence-electron chi connectivity index (χ4n) is 1.45. The van der Waals surface area contributed by atoms with Crippen LogP contribution in [0.25, 0.3) is 0 Å². The van der Waals surface area contributed by atoms with Gasteiger partial charge in [-0.2, -0.15) is 0 Å². The molecule has 1 aromatic heterocycles. The molecule has 0 radical (unpaired) electrons. The summed E-state index contributed by atoms with van der Waals surface area (Å²) in [4.78, 5) is 2.74. The maximum Gasteiger partial charge on any atom is 0.0584 e. The fourth-order valence-corrected chi connectivity index (χ4v) is 2.40. The second kappa shape index (κ2) is 5.49. The van der Waals surface area contributed by atoms with E-state index in [0.717, 1.165) is 13.0 Å². The van der Waals surface area contributed by atoms with Crippen molar-refractivity contribution in [3.63, 3.8) is 0 Å². The average Bonchev–Trinajstić information content (AvgIpc) is 2.47. The number of hydrogen-bond donors (Lipinski definition) is 2. The van der Waals surface area contributed by atoms with Gasteiger partial charge in [0.15, 0.2) is 0 Å². The predicted octanol–water partition coefficient (Wildman–Crippen LogP) is 2.23. The lowest BCUT2D eigenvalue weighted by atomic mass is 10.2. The van der Waals surface area contributed by atoms with Crippen molar-refractivity contribution in [3.8, 4) is 0 Å². The lowest BCUT2D eigenvalue weighted by molar-refractivity contribution is 0.238. The molecule has 2 N–H and O–H groups in total. The fraction of sp³-hybridized carbons (Fsp3) is 0.636. The highest BCUT2D eigenvalue weighted by atomic mass is 32.1. The zero-order valence-corrected chi connectivity index (χ0v) is 9.95. The minimum atomic E-state index is 0.221. The highest BCUT2D eigenvalue weighted by Crippen LogP contribution is 2.20. The number of aliphatic hydroxyl groups is 1. The van der Waals surface area contributed by atoms with Crippen molar-refractivity contribution >= 4 is 11.3 Å². The van der Waals surface area contributed by atoms with Crippen molar-refractivity contribution < 1.29 is 5.11 Å². The SMILES string of the molecule is CC[C@@H](CO)NCc1cc(C)sc1C. The van der Waals surface area contributed by atoms with Crippen LogP contribution in [0.1, 0.15) is 28.7 Å². The van der Waals surface area contributed by atoms with Crippen LogP contribution in [0.5, 0.6) is 0 Å². The molecular formula is C11H19NOS. The number of aryl methyl sites for hydroxylation is 2. The van der Waals surface area contributed by atoms with Crippen molar-refractivity contribution in [3.05, 3.63) is 21.4 Å². The number of rotatable bonds is 5. The summed E-state index contributed by atoms with van der Waals surface area (Å²) in [5, 5.41) is 12.4. The zero-order valence-electron chi connectivity index (χ0n) is 9.13. The first-order chi connectivity index (χ1) is 6.67. The maximum atomic E-state index is 9.02. The van der Waals surface area contributed by atoms with Gasteiger partial charge in [0.05, 0.1) is 6.61 Å². The van der Waals surface area contributed by atoms with Crippen LogP contribution in [0.4, 0.5) is 0 Å². The van der Waals surface area contributed by atoms with E-state index in [9.17, 15) is 0 Å². The van der Waals surface area contributed by atoms with Gasteiger partial charge in [-0.05, 0) is 31.9 Å². The van der Waals surface area contributed by atoms with Crippen LogP contribution in [0.2, 0.25) is 0 Å². The first-order valence-corrected chi connectivity index (χ1v) is 5.89. The molecule has 0 fully saturated rings. The summed E-state index contributed by atoms with van der Waals surface area (Å²) in [5.74, 6) is 0. The van der Waals surface area contributed by atoms with Crippen molar-refractivity contribution in [2.24, 2.45) is 0 Å². The van der Waals surface area contributed by atoms with Crippen LogP contribution in [-0.4, -0.2) is 17.8 Å². The smallest absolute Gasteiger partial charge is 0.0584 e. The molecule has 0 bridgehead atoms. The Morgan fingerprint density at radius 1 is 1.50 bits per heavy atom. The van der Waals surface area contributed by atoms with E-state index in [0.29, 0.717) is 0 Å². The summed E-state index contributed by atoms with van der Waals surface area (Å²) in [7, 11) is 0. The Bertz CT molecular complexity index is 279. The summed E-state index contributed by atoms with van der Waals surface area (Å²) < 4.78 is 0. The molecule has 3 heteroatoms. The van der Waals surface area contributed by atoms with Crippen molar-refractivity contribution in [2.75, 3.05) is 6.61 Å². The van der Waals surface area contributed by atoms with E-state index in [1.807, 2.05) is 11.3 Å². The van der Waals surface area contributed by atoms with Gasteiger partial charge in [0.25, 0.3) is 0 Å². The van der Waals surface area contributed by atoms with E-state index < -0.39 is 0 Å². The molecule has 0 unspecified atom stereocenters. The molecule has 0 amide bonds. The lowest BCUT2D eigenvalue weighted by Crippen LogP contribution is -2.31. The summed E-state index contributed by atoms with van der Waals surface area (Å²) in [5.41, 5.74) is 1.36. The van der Waals surface area contributed by atoms with Crippen molar-refractivity contribution in [1.82, 2.24) is 5.32 Å². The molecule has 0 aliphatic carbocycles. The molecule has 1 rings (SSSR count). The minimum Gasteiger partial charge on any atom is -0.395 e. The first-order valence-electron chi connectivity index (χ1n) is 5.07. The summed E-state index contributed by atoms with van der Waals surface area (Å²) in [6, 6.07) is 2.45. The van der Waals surface area contributed by atoms with Crippen molar-refractivity contribution in [1.29, 1.82) is 0 Å². The normalized spacial score (nSPS) is 13.1. The number of thiophene rings is 1. The molecule has 1 aromatic rings. The third kappa shape index (κ3) is 3.08. The van der Waals surface area contributed by atoms with Gasteiger partial charge in [0.1, 0.15) is 0 Å². The van der Waals surface area contributed by atoms with E-state index in [1.165, 1.54) is 15.3 Å². The topological polar surface area (TPSA) is 32.3 Å². The molecule has 0 aliphatic rings. The van der Waals surface area contributed by atoms with Gasteiger partial charge in [-0.25, -0.2) is 0 Å². The van der Waals surface area contributed by atoms with Crippen LogP contribution in [0, 0.1) is 13.8 Å². The summed E-state index contributed by atoms with van der Waals surface area (Å²) in [6.45, 7) is 7.45. The Morgan fingerprint density at radius 3 is 2.64 bits per heavy atom. The first kappa shape index (κ1) is 11.7. The molecule has 0 aliphatic heterocycles. The quantitative estimate of drug-likeness (QED) is 0.786. The van der Waals surface area contributed by atoms with E-state index in [4.69, 9.17) is 5.11 Å². The average molecular weight is 213 g/mol. The minimum absolute atomic E-state index is 0.221. The molecule has 0 saturated heterocycles. The largest absolute Gasteiger partial charge is 0.395 e. The van der Waals surface area contributed by atoms with Gasteiger partial charge >= 0.3 is 0 Å². The number of hydrogen-bond acceptors (Lipinski definition) is 3. The predicted molar refractivity (Wildman–Crippen MR) is 61.8 cm³/mol. The Labute approximate surface area is 90.0 Å². The Kier molecular flexibility index (Phi) is 4.58. The van der Waals surface area contributed by atoms with E-state index in [-0.39, 0.29) is 12.6 Å². The van der Waals surface area contributed by atoms with Gasteiger partial charge < -0.3 is 10.4 Å². The molecule has 0 saturated carbocycles. The Hall–Kier alpha value is -0.380. The highest BCUT2D eigenvalue weighted by molar-refractivity contribution is 7.12. The van der Waals surface area contributed by atoms with E-state index in [2.05, 4.69) is 32.2 Å². The van der Waals surface area contributed by atoms with Gasteiger partial charge in [-0.1, -0.05) is 6.92 Å². The number of nitrogens with one attached hydrogen (secondary N) is 1. The summed E-state index contributed by atoms with van der Waals surface area (Å²) in [6.07, 6.45) is 0.971. The van der Waals surface area contributed by atoms with E-state index >= 15 is 0 Å². The molecule has 80 valence electrons. The van der Waals surface area contributed by atoms with Crippen molar-refractivity contribution in [2.45, 2.75) is 39.8 Å². The zero-order chi connectivity index (χ0) is 10.6. The molecule has 0 spiro atoms. The maximum absolute atomic E-state index is 9.02. The van der Waals surface area contributed by atoms with Crippen LogP contribution in [0.15, 0.2) is 6.07 Å². The van der Waals surface area contributed by atoms with E-state index in [1.54, 1.807) is 0 Å². The van der Waals surface area contributed by atoms with Crippen LogP contribution < -0.4 is 5.32 Å². The van der Waals surface area contributed by atoms with Crippen LogP contribution in [0.3, 0.4) is 0 Å². The third-order valence-corrected chi connectivity index (χ3v) is 3.45. The van der Waals surface area contributed by atoms with Gasteiger partial charge in [-0.3, -0.25) is 0 Å². The standard InChI is InChI=1S/C11H19NOS/c1-4-11(7-13)12-6-10-5-8(2)14-9(10)3/h5,11-13H,4,6-7H2,1-3H3/t11-/m0/s1. The highest BCUT2D eigenvalue weighted by Gasteiger charge is 2.06. The molecule has 0 aromatic carbocycles. The van der Waals surface area contributed by atoms with Crippen LogP contribution >= 0.6 is 11.3 Å². The molecule has 1 heterocycles. The monoisotopic (exact) mass is 213 g/mol. The molecule has 1 atom stereocenters.